The number of aromatic nitrogens is 1. The number of ether oxygens (including phenoxy) is 1. The van der Waals surface area contributed by atoms with Crippen molar-refractivity contribution in [3.05, 3.63) is 76.9 Å². The zero-order valence-corrected chi connectivity index (χ0v) is 20.3. The number of pyridine rings is 1. The maximum Gasteiger partial charge on any atom is 0.344 e. The first-order valence-electron chi connectivity index (χ1n) is 10.9. The molecular weight excluding hydrogens is 484 g/mol. The second-order valence-electron chi connectivity index (χ2n) is 7.33. The number of halogens is 1. The molecule has 1 unspecified atom stereocenters. The lowest BCUT2D eigenvalue weighted by atomic mass is 10.1. The van der Waals surface area contributed by atoms with E-state index in [9.17, 15) is 9.90 Å². The maximum atomic E-state index is 12.0. The van der Waals surface area contributed by atoms with Gasteiger partial charge in [-0.2, -0.15) is 0 Å². The largest absolute Gasteiger partial charge is 0.479 e. The number of anilines is 1. The molecule has 0 saturated carbocycles. The number of hydrogen-bond donors (Lipinski definition) is 1. The van der Waals surface area contributed by atoms with E-state index in [-0.39, 0.29) is 0 Å². The summed E-state index contributed by atoms with van der Waals surface area (Å²) in [4.78, 5) is 18.3. The van der Waals surface area contributed by atoms with Gasteiger partial charge in [0.2, 0.25) is 0 Å². The summed E-state index contributed by atoms with van der Waals surface area (Å²) in [6.07, 6.45) is 1.54. The average Bonchev–Trinajstić information content (AvgIpc) is 2.83. The first kappa shape index (κ1) is 24.4. The van der Waals surface area contributed by atoms with E-state index < -0.39 is 12.1 Å². The van der Waals surface area contributed by atoms with Gasteiger partial charge in [0.05, 0.1) is 0 Å². The van der Waals surface area contributed by atoms with Crippen LogP contribution in [-0.4, -0.2) is 35.3 Å². The van der Waals surface area contributed by atoms with Gasteiger partial charge >= 0.3 is 5.97 Å². The molecule has 0 aliphatic carbocycles. The summed E-state index contributed by atoms with van der Waals surface area (Å²) in [7, 11) is 0. The smallest absolute Gasteiger partial charge is 0.344 e. The maximum absolute atomic E-state index is 12.0. The lowest BCUT2D eigenvalue weighted by Crippen LogP contribution is -2.28. The number of rotatable bonds is 11. The Hall–Kier alpha value is -3.26. The van der Waals surface area contributed by atoms with Crippen molar-refractivity contribution in [2.45, 2.75) is 32.8 Å². The van der Waals surface area contributed by atoms with E-state index in [1.165, 1.54) is 0 Å². The summed E-state index contributed by atoms with van der Waals surface area (Å²) in [5, 5.41) is 18.3. The zero-order valence-electron chi connectivity index (χ0n) is 18.7. The van der Waals surface area contributed by atoms with Crippen LogP contribution in [0.25, 0.3) is 0 Å². The topological polar surface area (TPSA) is 87.4 Å². The highest BCUT2D eigenvalue weighted by molar-refractivity contribution is 9.10. The SMILES string of the molecule is CCN(CC)c1ccc(/N=N/c2ccc(Br)cn2)c(OC(CCc2ccccc2)C(=O)O)c1. The van der Waals surface area contributed by atoms with Gasteiger partial charge in [-0.15, -0.1) is 10.2 Å². The molecule has 0 aliphatic heterocycles. The van der Waals surface area contributed by atoms with E-state index >= 15 is 0 Å². The molecule has 2 aromatic carbocycles. The fourth-order valence-electron chi connectivity index (χ4n) is 3.33. The normalized spacial score (nSPS) is 12.0. The molecule has 33 heavy (non-hydrogen) atoms. The van der Waals surface area contributed by atoms with Crippen molar-refractivity contribution in [2.24, 2.45) is 10.2 Å². The van der Waals surface area contributed by atoms with Gasteiger partial charge in [0.15, 0.2) is 11.9 Å². The fraction of sp³-hybridized carbons (Fsp3) is 0.280. The van der Waals surface area contributed by atoms with E-state index in [1.807, 2.05) is 48.5 Å². The van der Waals surface area contributed by atoms with Gasteiger partial charge in [-0.25, -0.2) is 9.78 Å². The Balaban J connectivity index is 1.88. The number of carboxylic acid groups (broad SMARTS) is 1. The molecule has 0 radical (unpaired) electrons. The summed E-state index contributed by atoms with van der Waals surface area (Å²) < 4.78 is 6.85. The van der Waals surface area contributed by atoms with Gasteiger partial charge in [-0.05, 0) is 72.4 Å². The molecule has 7 nitrogen and oxygen atoms in total. The van der Waals surface area contributed by atoms with E-state index in [4.69, 9.17) is 4.74 Å². The highest BCUT2D eigenvalue weighted by atomic mass is 79.9. The molecule has 1 aromatic heterocycles. The monoisotopic (exact) mass is 510 g/mol. The van der Waals surface area contributed by atoms with Gasteiger partial charge in [0, 0.05) is 35.5 Å². The fourth-order valence-corrected chi connectivity index (χ4v) is 3.56. The van der Waals surface area contributed by atoms with E-state index in [0.29, 0.717) is 30.1 Å². The van der Waals surface area contributed by atoms with Crippen LogP contribution in [0.5, 0.6) is 5.75 Å². The number of aliphatic carboxylic acids is 1. The minimum Gasteiger partial charge on any atom is -0.479 e. The van der Waals surface area contributed by atoms with Crippen LogP contribution in [0.4, 0.5) is 17.2 Å². The van der Waals surface area contributed by atoms with Gasteiger partial charge in [-0.3, -0.25) is 0 Å². The third-order valence-electron chi connectivity index (χ3n) is 5.13. The highest BCUT2D eigenvalue weighted by Gasteiger charge is 2.22. The summed E-state index contributed by atoms with van der Waals surface area (Å²) in [6.45, 7) is 5.76. The first-order chi connectivity index (χ1) is 16.0. The summed E-state index contributed by atoms with van der Waals surface area (Å²) in [6, 6.07) is 18.9. The standard InChI is InChI=1S/C25H27BrN4O3/c1-3-30(4-2)20-12-13-21(28-29-24-15-11-19(26)17-27-24)23(16-20)33-22(25(31)32)14-10-18-8-6-5-7-9-18/h5-9,11-13,15-17,22H,3-4,10,14H2,1-2H3,(H,31,32)/b29-28+. The predicted molar refractivity (Wildman–Crippen MR) is 133 cm³/mol. The number of carbonyl (C=O) groups is 1. The summed E-state index contributed by atoms with van der Waals surface area (Å²) >= 11 is 3.35. The van der Waals surface area contributed by atoms with Crippen LogP contribution in [-0.2, 0) is 11.2 Å². The van der Waals surface area contributed by atoms with Gasteiger partial charge in [0.1, 0.15) is 11.4 Å². The first-order valence-corrected chi connectivity index (χ1v) is 11.6. The van der Waals surface area contributed by atoms with Crippen molar-refractivity contribution in [3.63, 3.8) is 0 Å². The molecule has 0 bridgehead atoms. The van der Waals surface area contributed by atoms with Crippen LogP contribution in [0.3, 0.4) is 0 Å². The molecule has 3 rings (SSSR count). The number of aryl methyl sites for hydroxylation is 1. The molecule has 172 valence electrons. The van der Waals surface area contributed by atoms with Crippen molar-refractivity contribution < 1.29 is 14.6 Å². The minimum atomic E-state index is -1.02. The van der Waals surface area contributed by atoms with Crippen molar-refractivity contribution in [3.8, 4) is 5.75 Å². The van der Waals surface area contributed by atoms with Crippen LogP contribution < -0.4 is 9.64 Å². The van der Waals surface area contributed by atoms with E-state index in [1.54, 1.807) is 18.3 Å². The molecule has 0 fully saturated rings. The Bertz CT molecular complexity index is 1070. The number of benzene rings is 2. The van der Waals surface area contributed by atoms with Crippen LogP contribution in [0.2, 0.25) is 0 Å². The molecular formula is C25H27BrN4O3. The van der Waals surface area contributed by atoms with Crippen LogP contribution in [0.1, 0.15) is 25.8 Å². The molecule has 1 N–H and O–H groups in total. The Morgan fingerprint density at radius 2 is 1.85 bits per heavy atom. The molecule has 1 heterocycles. The van der Waals surface area contributed by atoms with Gasteiger partial charge < -0.3 is 14.7 Å². The van der Waals surface area contributed by atoms with Crippen LogP contribution in [0, 0.1) is 0 Å². The Morgan fingerprint density at radius 3 is 2.48 bits per heavy atom. The Labute approximate surface area is 202 Å². The second-order valence-corrected chi connectivity index (χ2v) is 8.24. The molecule has 1 atom stereocenters. The third-order valence-corrected chi connectivity index (χ3v) is 5.60. The lowest BCUT2D eigenvalue weighted by Gasteiger charge is -2.23. The molecule has 0 aliphatic rings. The number of hydrogen-bond acceptors (Lipinski definition) is 6. The minimum absolute atomic E-state index is 0.333. The predicted octanol–water partition coefficient (Wildman–Crippen LogP) is 6.57. The van der Waals surface area contributed by atoms with Crippen LogP contribution >= 0.6 is 15.9 Å². The van der Waals surface area contributed by atoms with Crippen molar-refractivity contribution in [1.82, 2.24) is 4.98 Å². The van der Waals surface area contributed by atoms with E-state index in [2.05, 4.69) is 49.9 Å². The summed E-state index contributed by atoms with van der Waals surface area (Å²) in [5.74, 6) is -0.201. The number of carboxylic acids is 1. The van der Waals surface area contributed by atoms with Gasteiger partial charge in [0.25, 0.3) is 0 Å². The molecule has 3 aromatic rings. The third kappa shape index (κ3) is 7.12. The zero-order chi connectivity index (χ0) is 23.6. The van der Waals surface area contributed by atoms with E-state index in [0.717, 1.165) is 28.8 Å². The summed E-state index contributed by atoms with van der Waals surface area (Å²) in [5.41, 5.74) is 2.44. The number of nitrogens with zero attached hydrogens (tertiary/aromatic N) is 4. The van der Waals surface area contributed by atoms with Crippen molar-refractivity contribution in [1.29, 1.82) is 0 Å². The highest BCUT2D eigenvalue weighted by Crippen LogP contribution is 2.34. The quantitative estimate of drug-likeness (QED) is 0.294. The number of azo groups is 1. The molecule has 0 amide bonds. The Kier molecular flexibility index (Phi) is 8.95. The van der Waals surface area contributed by atoms with Gasteiger partial charge in [-0.1, -0.05) is 30.3 Å². The second kappa shape index (κ2) is 12.1. The Morgan fingerprint density at radius 1 is 1.09 bits per heavy atom. The molecule has 8 heteroatoms. The molecule has 0 spiro atoms. The van der Waals surface area contributed by atoms with Crippen LogP contribution in [0.15, 0.2) is 81.6 Å². The molecule has 0 saturated heterocycles. The van der Waals surface area contributed by atoms with Crippen molar-refractivity contribution in [2.75, 3.05) is 18.0 Å². The average molecular weight is 511 g/mol. The van der Waals surface area contributed by atoms with Crippen molar-refractivity contribution >= 4 is 39.1 Å². The lowest BCUT2D eigenvalue weighted by molar-refractivity contribution is -0.145.